The minimum atomic E-state index is 0.112. The predicted octanol–water partition coefficient (Wildman–Crippen LogP) is 2.03. The zero-order valence-electron chi connectivity index (χ0n) is 15.4. The fourth-order valence-corrected chi connectivity index (χ4v) is 3.66. The first-order valence-electron chi connectivity index (χ1n) is 9.34. The van der Waals surface area contributed by atoms with Crippen molar-refractivity contribution in [1.29, 1.82) is 0 Å². The average molecular weight is 343 g/mol. The van der Waals surface area contributed by atoms with Crippen molar-refractivity contribution in [2.24, 2.45) is 0 Å². The molecule has 0 spiro atoms. The molecule has 0 saturated carbocycles. The Kier molecular flexibility index (Phi) is 6.02. The molecule has 25 heavy (non-hydrogen) atoms. The van der Waals surface area contributed by atoms with Gasteiger partial charge >= 0.3 is 0 Å². The maximum Gasteiger partial charge on any atom is 0.246 e. The Hall–Kier alpha value is -1.95. The number of hydrogen-bond acceptors (Lipinski definition) is 5. The monoisotopic (exact) mass is 343 g/mol. The van der Waals surface area contributed by atoms with Crippen LogP contribution in [0.25, 0.3) is 6.08 Å². The molecule has 1 amide bonds. The molecule has 1 aromatic heterocycles. The van der Waals surface area contributed by atoms with Gasteiger partial charge in [-0.2, -0.15) is 0 Å². The second-order valence-electron chi connectivity index (χ2n) is 7.23. The van der Waals surface area contributed by atoms with Crippen LogP contribution >= 0.6 is 0 Å². The van der Waals surface area contributed by atoms with Crippen molar-refractivity contribution in [3.05, 3.63) is 24.0 Å². The van der Waals surface area contributed by atoms with E-state index in [1.54, 1.807) is 18.5 Å². The Morgan fingerprint density at radius 1 is 1.16 bits per heavy atom. The number of nitrogens with zero attached hydrogens (tertiary/aromatic N) is 5. The van der Waals surface area contributed by atoms with Gasteiger partial charge in [-0.15, -0.1) is 0 Å². The highest BCUT2D eigenvalue weighted by molar-refractivity contribution is 5.92. The van der Waals surface area contributed by atoms with Gasteiger partial charge in [0.2, 0.25) is 11.9 Å². The van der Waals surface area contributed by atoms with Crippen LogP contribution in [-0.4, -0.2) is 72.0 Å². The number of likely N-dealkylation sites (tertiary alicyclic amines) is 2. The van der Waals surface area contributed by atoms with E-state index in [2.05, 4.69) is 19.8 Å². The molecule has 1 unspecified atom stereocenters. The summed E-state index contributed by atoms with van der Waals surface area (Å²) in [4.78, 5) is 27.7. The first-order valence-corrected chi connectivity index (χ1v) is 9.34. The van der Waals surface area contributed by atoms with Crippen molar-refractivity contribution in [3.63, 3.8) is 0 Å². The SMILES string of the molecule is CN(C)c1ncc(C=CC(=O)N2CCCCC2CN2CCCC2)cn1. The summed E-state index contributed by atoms with van der Waals surface area (Å²) in [7, 11) is 3.82. The zero-order valence-corrected chi connectivity index (χ0v) is 15.4. The predicted molar refractivity (Wildman–Crippen MR) is 100 cm³/mol. The van der Waals surface area contributed by atoms with E-state index in [9.17, 15) is 4.79 Å². The molecule has 1 atom stereocenters. The van der Waals surface area contributed by atoms with Crippen molar-refractivity contribution in [2.75, 3.05) is 45.2 Å². The third-order valence-electron chi connectivity index (χ3n) is 5.05. The van der Waals surface area contributed by atoms with Crippen LogP contribution in [0.5, 0.6) is 0 Å². The number of carbonyl (C=O) groups excluding carboxylic acids is 1. The van der Waals surface area contributed by atoms with Gasteiger partial charge in [-0.3, -0.25) is 4.79 Å². The van der Waals surface area contributed by atoms with Gasteiger partial charge in [0, 0.05) is 57.3 Å². The van der Waals surface area contributed by atoms with E-state index in [1.807, 2.05) is 25.1 Å². The quantitative estimate of drug-likeness (QED) is 0.766. The number of rotatable bonds is 5. The molecule has 3 heterocycles. The van der Waals surface area contributed by atoms with Crippen molar-refractivity contribution < 1.29 is 4.79 Å². The Labute approximate surface area is 150 Å². The van der Waals surface area contributed by atoms with E-state index >= 15 is 0 Å². The van der Waals surface area contributed by atoms with Crippen LogP contribution in [0.4, 0.5) is 5.95 Å². The largest absolute Gasteiger partial charge is 0.347 e. The van der Waals surface area contributed by atoms with Gasteiger partial charge in [-0.25, -0.2) is 9.97 Å². The molecule has 0 aromatic carbocycles. The zero-order chi connectivity index (χ0) is 17.6. The van der Waals surface area contributed by atoms with Crippen LogP contribution < -0.4 is 4.90 Å². The molecule has 136 valence electrons. The van der Waals surface area contributed by atoms with Crippen LogP contribution in [-0.2, 0) is 4.79 Å². The Morgan fingerprint density at radius 3 is 2.52 bits per heavy atom. The lowest BCUT2D eigenvalue weighted by atomic mass is 10.0. The molecule has 2 saturated heterocycles. The van der Waals surface area contributed by atoms with E-state index in [-0.39, 0.29) is 5.91 Å². The number of amides is 1. The number of anilines is 1. The first-order chi connectivity index (χ1) is 12.1. The molecule has 0 bridgehead atoms. The summed E-state index contributed by atoms with van der Waals surface area (Å²) < 4.78 is 0. The van der Waals surface area contributed by atoms with E-state index in [4.69, 9.17) is 0 Å². The molecule has 1 aromatic rings. The van der Waals surface area contributed by atoms with Crippen LogP contribution in [0.1, 0.15) is 37.7 Å². The first kappa shape index (κ1) is 17.9. The molecule has 0 aliphatic carbocycles. The van der Waals surface area contributed by atoms with Crippen LogP contribution in [0.3, 0.4) is 0 Å². The smallest absolute Gasteiger partial charge is 0.246 e. The second kappa shape index (κ2) is 8.43. The normalized spacial score (nSPS) is 21.8. The second-order valence-corrected chi connectivity index (χ2v) is 7.23. The fraction of sp³-hybridized carbons (Fsp3) is 0.632. The van der Waals surface area contributed by atoms with Crippen LogP contribution in [0.2, 0.25) is 0 Å². The summed E-state index contributed by atoms with van der Waals surface area (Å²) >= 11 is 0. The molecule has 0 N–H and O–H groups in total. The molecule has 2 fully saturated rings. The number of carbonyl (C=O) groups is 1. The minimum Gasteiger partial charge on any atom is -0.347 e. The summed E-state index contributed by atoms with van der Waals surface area (Å²) in [6.07, 6.45) is 13.1. The number of hydrogen-bond donors (Lipinski definition) is 0. The van der Waals surface area contributed by atoms with Gasteiger partial charge in [0.25, 0.3) is 0 Å². The highest BCUT2D eigenvalue weighted by Gasteiger charge is 2.27. The summed E-state index contributed by atoms with van der Waals surface area (Å²) in [5.74, 6) is 0.783. The number of piperidine rings is 1. The highest BCUT2D eigenvalue weighted by atomic mass is 16.2. The molecule has 6 heteroatoms. The lowest BCUT2D eigenvalue weighted by molar-refractivity contribution is -0.129. The summed E-state index contributed by atoms with van der Waals surface area (Å²) in [6.45, 7) is 4.27. The lowest BCUT2D eigenvalue weighted by Gasteiger charge is -2.37. The van der Waals surface area contributed by atoms with E-state index in [0.717, 1.165) is 31.5 Å². The van der Waals surface area contributed by atoms with E-state index in [1.165, 1.54) is 32.4 Å². The minimum absolute atomic E-state index is 0.112. The third kappa shape index (κ3) is 4.78. The fourth-order valence-electron chi connectivity index (χ4n) is 3.66. The van der Waals surface area contributed by atoms with E-state index < -0.39 is 0 Å². The topological polar surface area (TPSA) is 52.6 Å². The lowest BCUT2D eigenvalue weighted by Crippen LogP contribution is -2.48. The van der Waals surface area contributed by atoms with Crippen molar-refractivity contribution in [3.8, 4) is 0 Å². The summed E-state index contributed by atoms with van der Waals surface area (Å²) in [6, 6.07) is 0.358. The highest BCUT2D eigenvalue weighted by Crippen LogP contribution is 2.20. The Morgan fingerprint density at radius 2 is 1.84 bits per heavy atom. The van der Waals surface area contributed by atoms with Gasteiger partial charge in [0.15, 0.2) is 0 Å². The molecular weight excluding hydrogens is 314 g/mol. The molecule has 3 rings (SSSR count). The standard InChI is InChI=1S/C19H29N5O/c1-22(2)19-20-13-16(14-21-19)8-9-18(25)24-12-4-3-7-17(24)15-23-10-5-6-11-23/h8-9,13-14,17H,3-7,10-12,15H2,1-2H3. The van der Waals surface area contributed by atoms with Gasteiger partial charge in [0.05, 0.1) is 0 Å². The van der Waals surface area contributed by atoms with Gasteiger partial charge in [-0.05, 0) is 51.3 Å². The van der Waals surface area contributed by atoms with Crippen molar-refractivity contribution in [2.45, 2.75) is 38.1 Å². The average Bonchev–Trinajstić information content (AvgIpc) is 3.13. The maximum atomic E-state index is 12.7. The van der Waals surface area contributed by atoms with Crippen molar-refractivity contribution >= 4 is 17.9 Å². The molecule has 0 radical (unpaired) electrons. The molecular formula is C19H29N5O. The number of aromatic nitrogens is 2. The van der Waals surface area contributed by atoms with Crippen LogP contribution in [0, 0.1) is 0 Å². The van der Waals surface area contributed by atoms with E-state index in [0.29, 0.717) is 12.0 Å². The summed E-state index contributed by atoms with van der Waals surface area (Å²) in [5, 5.41) is 0. The van der Waals surface area contributed by atoms with Gasteiger partial charge in [-0.1, -0.05) is 0 Å². The Balaban J connectivity index is 1.61. The van der Waals surface area contributed by atoms with Gasteiger partial charge < -0.3 is 14.7 Å². The summed E-state index contributed by atoms with van der Waals surface area (Å²) in [5.41, 5.74) is 0.854. The molecule has 6 nitrogen and oxygen atoms in total. The maximum absolute atomic E-state index is 12.7. The molecule has 2 aliphatic heterocycles. The Bertz CT molecular complexity index is 592. The third-order valence-corrected chi connectivity index (χ3v) is 5.05. The van der Waals surface area contributed by atoms with Gasteiger partial charge in [0.1, 0.15) is 0 Å². The van der Waals surface area contributed by atoms with Crippen LogP contribution in [0.15, 0.2) is 18.5 Å². The molecule has 2 aliphatic rings. The van der Waals surface area contributed by atoms with Crippen molar-refractivity contribution in [1.82, 2.24) is 19.8 Å².